The highest BCUT2D eigenvalue weighted by atomic mass is 16.4. The maximum absolute atomic E-state index is 12.5. The molecule has 0 aromatic heterocycles. The van der Waals surface area contributed by atoms with Crippen LogP contribution in [0.5, 0.6) is 0 Å². The van der Waals surface area contributed by atoms with Crippen LogP contribution in [0.15, 0.2) is 0 Å². The van der Waals surface area contributed by atoms with Crippen LogP contribution in [-0.2, 0) is 24.0 Å². The minimum atomic E-state index is -1.43. The Bertz CT molecular complexity index is 608. The van der Waals surface area contributed by atoms with Gasteiger partial charge in [-0.3, -0.25) is 19.2 Å². The summed E-state index contributed by atoms with van der Waals surface area (Å²) >= 11 is 0. The summed E-state index contributed by atoms with van der Waals surface area (Å²) in [6, 6.07) is -4.04. The van der Waals surface area contributed by atoms with Crippen LogP contribution in [0.4, 0.5) is 0 Å². The minimum Gasteiger partial charge on any atom is -0.481 e. The molecule has 12 nitrogen and oxygen atoms in total. The first-order valence-corrected chi connectivity index (χ1v) is 9.11. The van der Waals surface area contributed by atoms with E-state index in [1.165, 1.54) is 6.92 Å². The van der Waals surface area contributed by atoms with E-state index in [2.05, 4.69) is 16.0 Å². The van der Waals surface area contributed by atoms with Crippen LogP contribution in [0.2, 0.25) is 0 Å². The Morgan fingerprint density at radius 2 is 1.45 bits per heavy atom. The van der Waals surface area contributed by atoms with Crippen LogP contribution in [0.1, 0.15) is 40.0 Å². The molecule has 0 saturated carbocycles. The Morgan fingerprint density at radius 3 is 1.86 bits per heavy atom. The molecule has 0 spiro atoms. The van der Waals surface area contributed by atoms with Crippen molar-refractivity contribution in [3.63, 3.8) is 0 Å². The second kappa shape index (κ2) is 12.7. The number of rotatable bonds is 13. The van der Waals surface area contributed by atoms with E-state index < -0.39 is 66.9 Å². The molecule has 0 aliphatic heterocycles. The average molecular weight is 418 g/mol. The van der Waals surface area contributed by atoms with E-state index in [1.807, 2.05) is 0 Å². The second-order valence-electron chi connectivity index (χ2n) is 7.01. The summed E-state index contributed by atoms with van der Waals surface area (Å²) in [6.07, 6.45) is -2.00. The number of aliphatic hydroxyl groups is 1. The third-order valence-corrected chi connectivity index (χ3v) is 3.87. The molecule has 0 rings (SSSR count). The standard InChI is InChI=1S/C17H30N4O8/c1-8(2)6-11(17(28)29)20-15(26)10(4-5-13(24)25)19-16(27)14(9(3)22)21-12(23)7-18/h8-11,14,22H,4-7,18H2,1-3H3,(H,19,27)(H,20,26)(H,21,23)(H,24,25)(H,28,29). The third kappa shape index (κ3) is 10.4. The lowest BCUT2D eigenvalue weighted by atomic mass is 10.0. The van der Waals surface area contributed by atoms with Crippen LogP contribution >= 0.6 is 0 Å². The zero-order chi connectivity index (χ0) is 22.7. The molecule has 0 aromatic carbocycles. The van der Waals surface area contributed by atoms with Gasteiger partial charge in [0.2, 0.25) is 17.7 Å². The van der Waals surface area contributed by atoms with Gasteiger partial charge in [-0.25, -0.2) is 4.79 Å². The Labute approximate surface area is 168 Å². The predicted octanol–water partition coefficient (Wildman–Crippen LogP) is -2.22. The van der Waals surface area contributed by atoms with E-state index in [9.17, 15) is 34.2 Å². The Balaban J connectivity index is 5.39. The van der Waals surface area contributed by atoms with Crippen molar-refractivity contribution in [2.75, 3.05) is 6.54 Å². The topological polar surface area (TPSA) is 208 Å². The Kier molecular flexibility index (Phi) is 11.5. The van der Waals surface area contributed by atoms with Crippen molar-refractivity contribution in [2.45, 2.75) is 64.3 Å². The predicted molar refractivity (Wildman–Crippen MR) is 100 cm³/mol. The zero-order valence-electron chi connectivity index (χ0n) is 16.7. The zero-order valence-corrected chi connectivity index (χ0v) is 16.7. The van der Waals surface area contributed by atoms with Gasteiger partial charge < -0.3 is 37.0 Å². The molecule has 0 aliphatic rings. The molecule has 0 fully saturated rings. The third-order valence-electron chi connectivity index (χ3n) is 3.87. The summed E-state index contributed by atoms with van der Waals surface area (Å²) in [5.74, 6) is -5.09. The SMILES string of the molecule is CC(C)CC(NC(=O)C(CCC(=O)O)NC(=O)C(NC(=O)CN)C(C)O)C(=O)O. The van der Waals surface area contributed by atoms with Gasteiger partial charge >= 0.3 is 11.9 Å². The van der Waals surface area contributed by atoms with Crippen molar-refractivity contribution in [1.82, 2.24) is 16.0 Å². The molecule has 4 unspecified atom stereocenters. The largest absolute Gasteiger partial charge is 0.481 e. The molecule has 4 atom stereocenters. The number of carbonyl (C=O) groups is 5. The molecule has 0 aromatic rings. The molecule has 0 aliphatic carbocycles. The maximum Gasteiger partial charge on any atom is 0.326 e. The lowest BCUT2D eigenvalue weighted by Gasteiger charge is -2.25. The summed E-state index contributed by atoms with van der Waals surface area (Å²) in [5.41, 5.74) is 5.16. The normalized spacial score (nSPS) is 15.0. The van der Waals surface area contributed by atoms with Crippen LogP contribution in [0.25, 0.3) is 0 Å². The number of carboxylic acids is 2. The van der Waals surface area contributed by atoms with E-state index in [0.29, 0.717) is 0 Å². The van der Waals surface area contributed by atoms with Gasteiger partial charge in [0.15, 0.2) is 0 Å². The summed E-state index contributed by atoms with van der Waals surface area (Å²) in [4.78, 5) is 58.6. The summed E-state index contributed by atoms with van der Waals surface area (Å²) in [6.45, 7) is 4.32. The van der Waals surface area contributed by atoms with Gasteiger partial charge in [-0.2, -0.15) is 0 Å². The fourth-order valence-corrected chi connectivity index (χ4v) is 2.40. The van der Waals surface area contributed by atoms with Crippen molar-refractivity contribution >= 4 is 29.7 Å². The van der Waals surface area contributed by atoms with Gasteiger partial charge in [0.05, 0.1) is 12.6 Å². The first kappa shape index (κ1) is 26.3. The van der Waals surface area contributed by atoms with Crippen LogP contribution in [0.3, 0.4) is 0 Å². The van der Waals surface area contributed by atoms with Crippen molar-refractivity contribution < 1.29 is 39.3 Å². The fraction of sp³-hybridized carbons (Fsp3) is 0.706. The molecule has 0 bridgehead atoms. The molecule has 166 valence electrons. The Hall–Kier alpha value is -2.73. The lowest BCUT2D eigenvalue weighted by molar-refractivity contribution is -0.143. The summed E-state index contributed by atoms with van der Waals surface area (Å²) in [7, 11) is 0. The van der Waals surface area contributed by atoms with Crippen LogP contribution < -0.4 is 21.7 Å². The van der Waals surface area contributed by atoms with Gasteiger partial charge in [0.1, 0.15) is 18.1 Å². The first-order chi connectivity index (χ1) is 13.4. The number of carboxylic acid groups (broad SMARTS) is 2. The number of hydrogen-bond acceptors (Lipinski definition) is 7. The van der Waals surface area contributed by atoms with E-state index in [0.717, 1.165) is 0 Å². The molecule has 8 N–H and O–H groups in total. The highest BCUT2D eigenvalue weighted by Gasteiger charge is 2.31. The number of hydrogen-bond donors (Lipinski definition) is 7. The molecule has 3 amide bonds. The van der Waals surface area contributed by atoms with Gasteiger partial charge in [0, 0.05) is 6.42 Å². The molecular formula is C17H30N4O8. The van der Waals surface area contributed by atoms with Crippen LogP contribution in [-0.4, -0.2) is 75.8 Å². The van der Waals surface area contributed by atoms with Gasteiger partial charge in [0.25, 0.3) is 0 Å². The number of amides is 3. The summed E-state index contributed by atoms with van der Waals surface area (Å²) < 4.78 is 0. The molecule has 0 radical (unpaired) electrons. The molecular weight excluding hydrogens is 388 g/mol. The molecule has 0 saturated heterocycles. The number of aliphatic hydroxyl groups excluding tert-OH is 1. The fourth-order valence-electron chi connectivity index (χ4n) is 2.40. The second-order valence-corrected chi connectivity index (χ2v) is 7.01. The molecule has 29 heavy (non-hydrogen) atoms. The van der Waals surface area contributed by atoms with E-state index in [4.69, 9.17) is 10.8 Å². The summed E-state index contributed by atoms with van der Waals surface area (Å²) in [5, 5.41) is 34.6. The van der Waals surface area contributed by atoms with Gasteiger partial charge in [-0.1, -0.05) is 13.8 Å². The van der Waals surface area contributed by atoms with Crippen molar-refractivity contribution in [3.05, 3.63) is 0 Å². The average Bonchev–Trinajstić information content (AvgIpc) is 2.60. The van der Waals surface area contributed by atoms with E-state index in [1.54, 1.807) is 13.8 Å². The van der Waals surface area contributed by atoms with E-state index in [-0.39, 0.29) is 18.8 Å². The van der Waals surface area contributed by atoms with Gasteiger partial charge in [-0.05, 0) is 25.7 Å². The van der Waals surface area contributed by atoms with Crippen molar-refractivity contribution in [2.24, 2.45) is 11.7 Å². The smallest absolute Gasteiger partial charge is 0.326 e. The number of nitrogens with two attached hydrogens (primary N) is 1. The monoisotopic (exact) mass is 418 g/mol. The molecule has 12 heteroatoms. The minimum absolute atomic E-state index is 0.0467. The first-order valence-electron chi connectivity index (χ1n) is 9.11. The van der Waals surface area contributed by atoms with Crippen molar-refractivity contribution in [3.8, 4) is 0 Å². The number of aliphatic carboxylic acids is 2. The Morgan fingerprint density at radius 1 is 0.897 bits per heavy atom. The molecule has 0 heterocycles. The quantitative estimate of drug-likeness (QED) is 0.172. The van der Waals surface area contributed by atoms with E-state index >= 15 is 0 Å². The lowest BCUT2D eigenvalue weighted by Crippen LogP contribution is -2.58. The highest BCUT2D eigenvalue weighted by Crippen LogP contribution is 2.07. The number of nitrogens with one attached hydrogen (secondary N) is 3. The van der Waals surface area contributed by atoms with Crippen LogP contribution in [0, 0.1) is 5.92 Å². The van der Waals surface area contributed by atoms with Gasteiger partial charge in [-0.15, -0.1) is 0 Å². The van der Waals surface area contributed by atoms with Crippen molar-refractivity contribution in [1.29, 1.82) is 0 Å². The number of carbonyl (C=O) groups excluding carboxylic acids is 3. The maximum atomic E-state index is 12.5. The highest BCUT2D eigenvalue weighted by molar-refractivity contribution is 5.94.